The lowest BCUT2D eigenvalue weighted by molar-refractivity contribution is 0.0701. The van der Waals surface area contributed by atoms with E-state index in [0.717, 1.165) is 16.9 Å². The smallest absolute Gasteiger partial charge is 0.347 e. The third-order valence-corrected chi connectivity index (χ3v) is 3.29. The second-order valence-electron chi connectivity index (χ2n) is 3.46. The molecule has 2 aromatic heterocycles. The van der Waals surface area contributed by atoms with Crippen molar-refractivity contribution < 1.29 is 9.90 Å². The number of hydrogen-bond donors (Lipinski definition) is 1. The average molecular weight is 234 g/mol. The number of pyridine rings is 1. The van der Waals surface area contributed by atoms with Crippen molar-refractivity contribution in [1.29, 1.82) is 0 Å². The highest BCUT2D eigenvalue weighted by Gasteiger charge is 2.15. The Balaban J connectivity index is 2.45. The molecule has 5 heteroatoms. The van der Waals surface area contributed by atoms with E-state index in [9.17, 15) is 4.79 Å². The summed E-state index contributed by atoms with van der Waals surface area (Å²) in [5.74, 6) is -0.937. The van der Waals surface area contributed by atoms with Gasteiger partial charge >= 0.3 is 5.97 Å². The first-order valence-corrected chi connectivity index (χ1v) is 5.53. The number of carboxylic acid groups (broad SMARTS) is 1. The SMILES string of the molecule is Cc1ccc(-c2nc(C)c(C(=O)O)s2)nc1. The maximum absolute atomic E-state index is 10.9. The lowest BCUT2D eigenvalue weighted by Crippen LogP contribution is -1.94. The molecule has 0 saturated heterocycles. The monoisotopic (exact) mass is 234 g/mol. The van der Waals surface area contributed by atoms with Gasteiger partial charge in [-0.3, -0.25) is 4.98 Å². The molecule has 82 valence electrons. The zero-order valence-corrected chi connectivity index (χ0v) is 9.71. The molecule has 16 heavy (non-hydrogen) atoms. The number of carboxylic acids is 1. The van der Waals surface area contributed by atoms with E-state index < -0.39 is 5.97 Å². The van der Waals surface area contributed by atoms with Crippen LogP contribution in [0.2, 0.25) is 0 Å². The van der Waals surface area contributed by atoms with Crippen LogP contribution in [-0.2, 0) is 0 Å². The minimum Gasteiger partial charge on any atom is -0.477 e. The predicted molar refractivity (Wildman–Crippen MR) is 61.8 cm³/mol. The van der Waals surface area contributed by atoms with E-state index in [0.29, 0.717) is 16.4 Å². The fraction of sp³-hybridized carbons (Fsp3) is 0.182. The van der Waals surface area contributed by atoms with Crippen LogP contribution < -0.4 is 0 Å². The van der Waals surface area contributed by atoms with Crippen LogP contribution in [0.1, 0.15) is 20.9 Å². The van der Waals surface area contributed by atoms with Crippen molar-refractivity contribution in [3.8, 4) is 10.7 Å². The zero-order chi connectivity index (χ0) is 11.7. The van der Waals surface area contributed by atoms with E-state index in [1.807, 2.05) is 19.1 Å². The van der Waals surface area contributed by atoms with Gasteiger partial charge < -0.3 is 5.11 Å². The Bertz CT molecular complexity index is 531. The number of aromatic carboxylic acids is 1. The van der Waals surface area contributed by atoms with Crippen LogP contribution in [0.5, 0.6) is 0 Å². The van der Waals surface area contributed by atoms with Gasteiger partial charge in [0.2, 0.25) is 0 Å². The molecule has 0 radical (unpaired) electrons. The lowest BCUT2D eigenvalue weighted by atomic mass is 10.3. The van der Waals surface area contributed by atoms with Crippen LogP contribution in [0.4, 0.5) is 0 Å². The van der Waals surface area contributed by atoms with Crippen molar-refractivity contribution in [2.24, 2.45) is 0 Å². The van der Waals surface area contributed by atoms with Crippen molar-refractivity contribution in [3.05, 3.63) is 34.5 Å². The van der Waals surface area contributed by atoms with Crippen LogP contribution in [-0.4, -0.2) is 21.0 Å². The molecular weight excluding hydrogens is 224 g/mol. The van der Waals surface area contributed by atoms with Gasteiger partial charge in [-0.25, -0.2) is 9.78 Å². The van der Waals surface area contributed by atoms with Gasteiger partial charge in [-0.05, 0) is 25.5 Å². The summed E-state index contributed by atoms with van der Waals surface area (Å²) < 4.78 is 0. The summed E-state index contributed by atoms with van der Waals surface area (Å²) in [5, 5.41) is 9.57. The topological polar surface area (TPSA) is 63.1 Å². The molecule has 0 unspecified atom stereocenters. The average Bonchev–Trinajstić information content (AvgIpc) is 2.61. The van der Waals surface area contributed by atoms with E-state index >= 15 is 0 Å². The Kier molecular flexibility index (Phi) is 2.70. The van der Waals surface area contributed by atoms with Crippen molar-refractivity contribution in [3.63, 3.8) is 0 Å². The molecule has 0 aliphatic rings. The number of aromatic nitrogens is 2. The zero-order valence-electron chi connectivity index (χ0n) is 8.89. The Morgan fingerprint density at radius 3 is 2.62 bits per heavy atom. The molecule has 2 rings (SSSR count). The summed E-state index contributed by atoms with van der Waals surface area (Å²) in [5.41, 5.74) is 2.32. The molecule has 0 aliphatic carbocycles. The second kappa shape index (κ2) is 4.02. The first-order valence-electron chi connectivity index (χ1n) is 4.71. The van der Waals surface area contributed by atoms with Gasteiger partial charge in [-0.1, -0.05) is 6.07 Å². The molecule has 2 aromatic rings. The molecule has 1 N–H and O–H groups in total. The van der Waals surface area contributed by atoms with E-state index in [1.54, 1.807) is 13.1 Å². The Morgan fingerprint density at radius 2 is 2.12 bits per heavy atom. The summed E-state index contributed by atoms with van der Waals surface area (Å²) >= 11 is 1.15. The first-order chi connectivity index (χ1) is 7.58. The number of hydrogen-bond acceptors (Lipinski definition) is 4. The lowest BCUT2D eigenvalue weighted by Gasteiger charge is -1.94. The van der Waals surface area contributed by atoms with Gasteiger partial charge in [0.1, 0.15) is 9.88 Å². The maximum Gasteiger partial charge on any atom is 0.347 e. The van der Waals surface area contributed by atoms with Gasteiger partial charge in [-0.2, -0.15) is 0 Å². The number of thiazole rings is 1. The molecule has 0 amide bonds. The largest absolute Gasteiger partial charge is 0.477 e. The van der Waals surface area contributed by atoms with E-state index in [-0.39, 0.29) is 4.88 Å². The summed E-state index contributed by atoms with van der Waals surface area (Å²) in [6.45, 7) is 3.64. The highest BCUT2D eigenvalue weighted by molar-refractivity contribution is 7.17. The molecule has 0 spiro atoms. The van der Waals surface area contributed by atoms with Crippen LogP contribution in [0.25, 0.3) is 10.7 Å². The molecule has 0 aliphatic heterocycles. The molecule has 0 fully saturated rings. The van der Waals surface area contributed by atoms with E-state index in [1.165, 1.54) is 0 Å². The molecule has 0 atom stereocenters. The Morgan fingerprint density at radius 1 is 1.38 bits per heavy atom. The normalized spacial score (nSPS) is 10.4. The van der Waals surface area contributed by atoms with Gasteiger partial charge in [0, 0.05) is 6.20 Å². The van der Waals surface area contributed by atoms with Crippen molar-refractivity contribution in [2.75, 3.05) is 0 Å². The third kappa shape index (κ3) is 1.94. The summed E-state index contributed by atoms with van der Waals surface area (Å²) in [6, 6.07) is 3.78. The van der Waals surface area contributed by atoms with Crippen LogP contribution in [0.3, 0.4) is 0 Å². The van der Waals surface area contributed by atoms with Crippen molar-refractivity contribution in [1.82, 2.24) is 9.97 Å². The van der Waals surface area contributed by atoms with Crippen molar-refractivity contribution in [2.45, 2.75) is 13.8 Å². The van der Waals surface area contributed by atoms with Gasteiger partial charge in [0.15, 0.2) is 0 Å². The van der Waals surface area contributed by atoms with Crippen LogP contribution >= 0.6 is 11.3 Å². The maximum atomic E-state index is 10.9. The number of aryl methyl sites for hydroxylation is 2. The molecule has 0 saturated carbocycles. The first kappa shape index (κ1) is 10.8. The number of nitrogens with zero attached hydrogens (tertiary/aromatic N) is 2. The fourth-order valence-corrected chi connectivity index (χ4v) is 2.18. The van der Waals surface area contributed by atoms with Crippen LogP contribution in [0, 0.1) is 13.8 Å². The second-order valence-corrected chi connectivity index (χ2v) is 4.46. The van der Waals surface area contributed by atoms with E-state index in [4.69, 9.17) is 5.11 Å². The molecule has 0 bridgehead atoms. The number of carbonyl (C=O) groups is 1. The highest BCUT2D eigenvalue weighted by Crippen LogP contribution is 2.26. The number of rotatable bonds is 2. The molecule has 4 nitrogen and oxygen atoms in total. The molecule has 2 heterocycles. The Labute approximate surface area is 96.6 Å². The fourth-order valence-electron chi connectivity index (χ4n) is 1.30. The minimum atomic E-state index is -0.937. The third-order valence-electron chi connectivity index (χ3n) is 2.12. The summed E-state index contributed by atoms with van der Waals surface area (Å²) in [7, 11) is 0. The van der Waals surface area contributed by atoms with E-state index in [2.05, 4.69) is 9.97 Å². The quantitative estimate of drug-likeness (QED) is 0.867. The van der Waals surface area contributed by atoms with Gasteiger partial charge in [0.05, 0.1) is 11.4 Å². The molecule has 0 aromatic carbocycles. The summed E-state index contributed by atoms with van der Waals surface area (Å²) in [6.07, 6.45) is 1.74. The summed E-state index contributed by atoms with van der Waals surface area (Å²) in [4.78, 5) is 19.6. The predicted octanol–water partition coefficient (Wildman–Crippen LogP) is 2.52. The van der Waals surface area contributed by atoms with Crippen molar-refractivity contribution >= 4 is 17.3 Å². The molecular formula is C11H10N2O2S. The standard InChI is InChI=1S/C11H10N2O2S/c1-6-3-4-8(12-5-6)10-13-7(2)9(16-10)11(14)15/h3-5H,1-2H3,(H,14,15). The minimum absolute atomic E-state index is 0.275. The highest BCUT2D eigenvalue weighted by atomic mass is 32.1. The Hall–Kier alpha value is -1.75. The van der Waals surface area contributed by atoms with Crippen LogP contribution in [0.15, 0.2) is 18.3 Å². The van der Waals surface area contributed by atoms with Gasteiger partial charge in [0.25, 0.3) is 0 Å². The van der Waals surface area contributed by atoms with Gasteiger partial charge in [-0.15, -0.1) is 11.3 Å².